The van der Waals surface area contributed by atoms with Crippen LogP contribution in [0.3, 0.4) is 0 Å². The molecule has 0 unspecified atom stereocenters. The van der Waals surface area contributed by atoms with Crippen LogP contribution in [-0.2, 0) is 14.8 Å². The van der Waals surface area contributed by atoms with E-state index in [-0.39, 0.29) is 30.0 Å². The van der Waals surface area contributed by atoms with Crippen molar-refractivity contribution in [2.75, 3.05) is 19.3 Å². The van der Waals surface area contributed by atoms with Crippen LogP contribution in [0.15, 0.2) is 36.4 Å². The smallest absolute Gasteiger partial charge is 0.226 e. The Morgan fingerprint density at radius 2 is 1.63 bits per heavy atom. The van der Waals surface area contributed by atoms with Gasteiger partial charge in [0.2, 0.25) is 15.9 Å². The van der Waals surface area contributed by atoms with Crippen LogP contribution >= 0.6 is 0 Å². The number of carbonyl (C=O) groups is 1. The molecule has 2 aromatic carbocycles. The number of carbonyl (C=O) groups excluding carboxylic acids is 1. The lowest BCUT2D eigenvalue weighted by Crippen LogP contribution is -2.38. The molecule has 1 aliphatic carbocycles. The first kappa shape index (κ1) is 20.9. The van der Waals surface area contributed by atoms with Gasteiger partial charge in [-0.1, -0.05) is 18.2 Å². The summed E-state index contributed by atoms with van der Waals surface area (Å²) in [5, 5.41) is 0. The summed E-state index contributed by atoms with van der Waals surface area (Å²) in [5.74, 6) is -3.38. The molecule has 5 nitrogen and oxygen atoms in total. The van der Waals surface area contributed by atoms with E-state index in [0.29, 0.717) is 24.9 Å². The van der Waals surface area contributed by atoms with Crippen LogP contribution in [0.4, 0.5) is 13.2 Å². The molecule has 0 aromatic heterocycles. The molecule has 9 heteroatoms. The van der Waals surface area contributed by atoms with E-state index in [9.17, 15) is 26.4 Å². The Bertz CT molecular complexity index is 1090. The van der Waals surface area contributed by atoms with Gasteiger partial charge in [-0.15, -0.1) is 0 Å². The van der Waals surface area contributed by atoms with Crippen molar-refractivity contribution in [3.05, 3.63) is 59.4 Å². The van der Waals surface area contributed by atoms with Crippen LogP contribution in [0, 0.1) is 23.4 Å². The predicted molar refractivity (Wildman–Crippen MR) is 106 cm³/mol. The van der Waals surface area contributed by atoms with Crippen LogP contribution in [0.2, 0.25) is 0 Å². The molecule has 0 radical (unpaired) electrons. The second kappa shape index (κ2) is 7.70. The standard InChI is InChI=1S/C21H21F3N2O3S/c1-30(28,29)25-12-8-9-26(11-12)21(27)15-10-14(15)13-4-2-5-16(22)19(13)20-17(23)6-3-7-18(20)24/h2-7,12,14-15,25H,8-11H2,1H3/t12-,14-,15+/m0/s1. The van der Waals surface area contributed by atoms with Gasteiger partial charge >= 0.3 is 0 Å². The highest BCUT2D eigenvalue weighted by molar-refractivity contribution is 7.88. The summed E-state index contributed by atoms with van der Waals surface area (Å²) in [4.78, 5) is 14.5. The monoisotopic (exact) mass is 438 g/mol. The maximum Gasteiger partial charge on any atom is 0.226 e. The van der Waals surface area contributed by atoms with Crippen molar-refractivity contribution in [3.8, 4) is 11.1 Å². The molecular formula is C21H21F3N2O3S. The number of halogens is 3. The highest BCUT2D eigenvalue weighted by Crippen LogP contribution is 2.52. The molecule has 2 aromatic rings. The molecule has 30 heavy (non-hydrogen) atoms. The van der Waals surface area contributed by atoms with Gasteiger partial charge in [0.1, 0.15) is 17.5 Å². The topological polar surface area (TPSA) is 66.5 Å². The summed E-state index contributed by atoms with van der Waals surface area (Å²) in [5.41, 5.74) is -0.170. The molecule has 2 fully saturated rings. The zero-order chi connectivity index (χ0) is 21.6. The Morgan fingerprint density at radius 1 is 1.03 bits per heavy atom. The van der Waals surface area contributed by atoms with Gasteiger partial charge in [0, 0.05) is 30.6 Å². The molecule has 0 spiro atoms. The summed E-state index contributed by atoms with van der Waals surface area (Å²) in [6.07, 6.45) is 2.04. The van der Waals surface area contributed by atoms with Crippen LogP contribution < -0.4 is 4.72 Å². The third kappa shape index (κ3) is 4.09. The third-order valence-corrected chi connectivity index (χ3v) is 6.41. The highest BCUT2D eigenvalue weighted by atomic mass is 32.2. The number of rotatable bonds is 5. The van der Waals surface area contributed by atoms with Crippen LogP contribution in [0.25, 0.3) is 11.1 Å². The second-order valence-corrected chi connectivity index (χ2v) is 9.69. The minimum atomic E-state index is -3.36. The largest absolute Gasteiger partial charge is 0.341 e. The number of sulfonamides is 1. The molecule has 0 bridgehead atoms. The number of likely N-dealkylation sites (tertiary alicyclic amines) is 1. The number of benzene rings is 2. The first-order valence-corrected chi connectivity index (χ1v) is 11.5. The Labute approximate surface area is 172 Å². The van der Waals surface area contributed by atoms with Crippen molar-refractivity contribution in [3.63, 3.8) is 0 Å². The van der Waals surface area contributed by atoms with Crippen LogP contribution in [0.1, 0.15) is 24.3 Å². The normalized spacial score (nSPS) is 23.6. The van der Waals surface area contributed by atoms with Crippen LogP contribution in [-0.4, -0.2) is 44.6 Å². The molecule has 1 N–H and O–H groups in total. The molecule has 1 saturated heterocycles. The summed E-state index contributed by atoms with van der Waals surface area (Å²) >= 11 is 0. The van der Waals surface area contributed by atoms with Crippen molar-refractivity contribution < 1.29 is 26.4 Å². The Kier molecular flexibility index (Phi) is 5.36. The molecule has 1 heterocycles. The summed E-state index contributed by atoms with van der Waals surface area (Å²) in [6, 6.07) is 7.23. The maximum atomic E-state index is 14.6. The molecule has 1 amide bonds. The van der Waals surface area contributed by atoms with E-state index < -0.39 is 39.0 Å². The number of amides is 1. The van der Waals surface area contributed by atoms with Crippen molar-refractivity contribution >= 4 is 15.9 Å². The average Bonchev–Trinajstić information content (AvgIpc) is 3.32. The van der Waals surface area contributed by atoms with Crippen molar-refractivity contribution in [2.24, 2.45) is 5.92 Å². The summed E-state index contributed by atoms with van der Waals surface area (Å²) in [6.45, 7) is 0.695. The van der Waals surface area contributed by atoms with E-state index in [0.717, 1.165) is 24.5 Å². The predicted octanol–water partition coefficient (Wildman–Crippen LogP) is 3.02. The molecule has 2 aliphatic rings. The fourth-order valence-electron chi connectivity index (χ4n) is 4.26. The van der Waals surface area contributed by atoms with Gasteiger partial charge in [0.25, 0.3) is 0 Å². The average molecular weight is 438 g/mol. The molecule has 3 atom stereocenters. The van der Waals surface area contributed by atoms with E-state index in [4.69, 9.17) is 0 Å². The highest BCUT2D eigenvalue weighted by Gasteiger charge is 2.48. The lowest BCUT2D eigenvalue weighted by atomic mass is 9.94. The summed E-state index contributed by atoms with van der Waals surface area (Å²) in [7, 11) is -3.36. The van der Waals surface area contributed by atoms with Gasteiger partial charge in [-0.05, 0) is 42.5 Å². The minimum Gasteiger partial charge on any atom is -0.341 e. The SMILES string of the molecule is CS(=O)(=O)N[C@H]1CCN(C(=O)[C@@H]2C[C@H]2c2cccc(F)c2-c2c(F)cccc2F)C1. The van der Waals surface area contributed by atoms with Gasteiger partial charge < -0.3 is 4.90 Å². The number of hydrogen-bond donors (Lipinski definition) is 1. The van der Waals surface area contributed by atoms with Crippen LogP contribution in [0.5, 0.6) is 0 Å². The lowest BCUT2D eigenvalue weighted by Gasteiger charge is -2.17. The first-order chi connectivity index (χ1) is 14.2. The van der Waals surface area contributed by atoms with E-state index >= 15 is 0 Å². The third-order valence-electron chi connectivity index (χ3n) is 5.65. The van der Waals surface area contributed by atoms with Gasteiger partial charge in [-0.25, -0.2) is 26.3 Å². The Hall–Kier alpha value is -2.39. The maximum absolute atomic E-state index is 14.6. The van der Waals surface area contributed by atoms with Gasteiger partial charge in [0.15, 0.2) is 0 Å². The number of hydrogen-bond acceptors (Lipinski definition) is 3. The Morgan fingerprint density at radius 3 is 2.27 bits per heavy atom. The summed E-state index contributed by atoms with van der Waals surface area (Å²) < 4.78 is 68.6. The molecule has 4 rings (SSSR count). The second-order valence-electron chi connectivity index (χ2n) is 7.91. The van der Waals surface area contributed by atoms with Crippen molar-refractivity contribution in [2.45, 2.75) is 24.8 Å². The molecule has 1 saturated carbocycles. The van der Waals surface area contributed by atoms with Crippen molar-refractivity contribution in [1.29, 1.82) is 0 Å². The minimum absolute atomic E-state index is 0.147. The van der Waals surface area contributed by atoms with Crippen molar-refractivity contribution in [1.82, 2.24) is 9.62 Å². The quantitative estimate of drug-likeness (QED) is 0.781. The fourth-order valence-corrected chi connectivity index (χ4v) is 5.05. The van der Waals surface area contributed by atoms with E-state index in [2.05, 4.69) is 4.72 Å². The van der Waals surface area contributed by atoms with E-state index in [1.165, 1.54) is 12.1 Å². The van der Waals surface area contributed by atoms with Gasteiger partial charge in [0.05, 0.1) is 11.8 Å². The molecule has 1 aliphatic heterocycles. The molecular weight excluding hydrogens is 417 g/mol. The van der Waals surface area contributed by atoms with Gasteiger partial charge in [-0.2, -0.15) is 0 Å². The van der Waals surface area contributed by atoms with Gasteiger partial charge in [-0.3, -0.25) is 4.79 Å². The van der Waals surface area contributed by atoms with E-state index in [1.54, 1.807) is 11.0 Å². The Balaban J connectivity index is 1.55. The lowest BCUT2D eigenvalue weighted by molar-refractivity contribution is -0.131. The van der Waals surface area contributed by atoms with E-state index in [1.807, 2.05) is 0 Å². The number of nitrogens with zero attached hydrogens (tertiary/aromatic N) is 1. The number of nitrogens with one attached hydrogen (secondary N) is 1. The molecule has 160 valence electrons. The fraction of sp³-hybridized carbons (Fsp3) is 0.381. The zero-order valence-electron chi connectivity index (χ0n) is 16.2. The first-order valence-electron chi connectivity index (χ1n) is 9.64. The zero-order valence-corrected chi connectivity index (χ0v) is 17.1.